The van der Waals surface area contributed by atoms with Crippen molar-refractivity contribution in [3.63, 3.8) is 0 Å². The summed E-state index contributed by atoms with van der Waals surface area (Å²) in [6.45, 7) is 1.98. The van der Waals surface area contributed by atoms with Crippen LogP contribution in [0.4, 0.5) is 5.82 Å². The lowest BCUT2D eigenvalue weighted by atomic mass is 9.96. The van der Waals surface area contributed by atoms with Gasteiger partial charge < -0.3 is 10.4 Å². The highest BCUT2D eigenvalue weighted by atomic mass is 35.5. The fourth-order valence-corrected chi connectivity index (χ4v) is 4.08. The zero-order valence-electron chi connectivity index (χ0n) is 15.3. The largest absolute Gasteiger partial charge is 0.505 e. The highest BCUT2D eigenvalue weighted by Crippen LogP contribution is 2.40. The zero-order chi connectivity index (χ0) is 20.5. The number of nitrogens with one attached hydrogen (secondary N) is 1. The Morgan fingerprint density at radius 1 is 0.931 bits per heavy atom. The van der Waals surface area contributed by atoms with E-state index in [1.165, 1.54) is 0 Å². The van der Waals surface area contributed by atoms with Crippen molar-refractivity contribution in [2.45, 2.75) is 13.0 Å². The van der Waals surface area contributed by atoms with Gasteiger partial charge in [0, 0.05) is 33.4 Å². The Morgan fingerprint density at radius 3 is 2.41 bits per heavy atom. The van der Waals surface area contributed by atoms with E-state index in [4.69, 9.17) is 34.8 Å². The fourth-order valence-electron chi connectivity index (χ4n) is 3.27. The maximum absolute atomic E-state index is 11.0. The number of halogens is 3. The number of fused-ring (bicyclic) bond motifs is 1. The van der Waals surface area contributed by atoms with E-state index in [9.17, 15) is 5.11 Å². The first-order valence-corrected chi connectivity index (χ1v) is 9.97. The normalized spacial score (nSPS) is 12.1. The molecule has 7 heteroatoms. The Kier molecular flexibility index (Phi) is 5.50. The molecule has 0 spiro atoms. The molecule has 2 N–H and O–H groups in total. The number of aromatic nitrogens is 2. The lowest BCUT2D eigenvalue weighted by Gasteiger charge is -2.23. The van der Waals surface area contributed by atoms with E-state index in [0.29, 0.717) is 37.4 Å². The van der Waals surface area contributed by atoms with Gasteiger partial charge in [-0.25, -0.2) is 4.98 Å². The Balaban J connectivity index is 1.93. The van der Waals surface area contributed by atoms with Crippen LogP contribution in [0.15, 0.2) is 60.9 Å². The van der Waals surface area contributed by atoms with Crippen LogP contribution >= 0.6 is 34.8 Å². The molecule has 0 amide bonds. The third-order valence-electron chi connectivity index (χ3n) is 4.58. The number of anilines is 1. The van der Waals surface area contributed by atoms with Crippen LogP contribution in [0.2, 0.25) is 15.1 Å². The highest BCUT2D eigenvalue weighted by molar-refractivity contribution is 6.36. The van der Waals surface area contributed by atoms with Crippen LogP contribution in [0, 0.1) is 6.92 Å². The van der Waals surface area contributed by atoms with E-state index in [-0.39, 0.29) is 5.75 Å². The molecular weight excluding hydrogens is 429 g/mol. The average molecular weight is 445 g/mol. The van der Waals surface area contributed by atoms with Gasteiger partial charge in [-0.15, -0.1) is 0 Å². The SMILES string of the molecule is Cc1ccnc(NC(c2cc(Cl)cc(Cl)c2)c2cc(Cl)c3cccnc3c2O)c1. The number of hydrogen-bond donors (Lipinski definition) is 2. The van der Waals surface area contributed by atoms with Gasteiger partial charge in [0.1, 0.15) is 17.1 Å². The van der Waals surface area contributed by atoms with Crippen molar-refractivity contribution in [2.75, 3.05) is 5.32 Å². The van der Waals surface area contributed by atoms with Crippen molar-refractivity contribution in [3.8, 4) is 5.75 Å². The van der Waals surface area contributed by atoms with Crippen molar-refractivity contribution >= 4 is 51.5 Å². The van der Waals surface area contributed by atoms with E-state index < -0.39 is 6.04 Å². The molecule has 0 fully saturated rings. The van der Waals surface area contributed by atoms with Crippen LogP contribution in [-0.4, -0.2) is 15.1 Å². The number of hydrogen-bond acceptors (Lipinski definition) is 4. The molecular formula is C22H16Cl3N3O. The molecule has 2 aromatic heterocycles. The summed E-state index contributed by atoms with van der Waals surface area (Å²) in [6, 6.07) is 13.9. The summed E-state index contributed by atoms with van der Waals surface area (Å²) in [5, 5.41) is 16.5. The number of aryl methyl sites for hydroxylation is 1. The average Bonchev–Trinajstić information content (AvgIpc) is 2.68. The quantitative estimate of drug-likeness (QED) is 0.363. The minimum Gasteiger partial charge on any atom is -0.505 e. The third kappa shape index (κ3) is 4.10. The second-order valence-electron chi connectivity index (χ2n) is 6.69. The van der Waals surface area contributed by atoms with Crippen molar-refractivity contribution in [1.82, 2.24) is 9.97 Å². The van der Waals surface area contributed by atoms with Gasteiger partial charge in [0.25, 0.3) is 0 Å². The summed E-state index contributed by atoms with van der Waals surface area (Å²) < 4.78 is 0. The predicted octanol–water partition coefficient (Wildman–Crippen LogP) is 6.81. The Hall–Kier alpha value is -2.53. The fraction of sp³-hybridized carbons (Fsp3) is 0.0909. The molecule has 0 aliphatic rings. The molecule has 1 atom stereocenters. The lowest BCUT2D eigenvalue weighted by molar-refractivity contribution is 0.471. The standard InChI is InChI=1S/C22H16Cl3N3O/c1-12-4-6-26-19(7-12)28-20(13-8-14(23)10-15(24)9-13)17-11-18(25)16-3-2-5-27-21(16)22(17)29/h2-11,20,29H,1H3,(H,26,28). The van der Waals surface area contributed by atoms with Gasteiger partial charge in [-0.05, 0) is 66.6 Å². The van der Waals surface area contributed by atoms with E-state index in [0.717, 1.165) is 11.1 Å². The van der Waals surface area contributed by atoms with Crippen LogP contribution < -0.4 is 5.32 Å². The van der Waals surface area contributed by atoms with Gasteiger partial charge in [0.2, 0.25) is 0 Å². The predicted molar refractivity (Wildman–Crippen MR) is 119 cm³/mol. The van der Waals surface area contributed by atoms with Crippen LogP contribution in [0.25, 0.3) is 10.9 Å². The van der Waals surface area contributed by atoms with E-state index >= 15 is 0 Å². The van der Waals surface area contributed by atoms with Gasteiger partial charge in [0.05, 0.1) is 11.1 Å². The van der Waals surface area contributed by atoms with Gasteiger partial charge in [-0.2, -0.15) is 0 Å². The second-order valence-corrected chi connectivity index (χ2v) is 7.97. The maximum atomic E-state index is 11.0. The van der Waals surface area contributed by atoms with Crippen LogP contribution in [0.3, 0.4) is 0 Å². The number of rotatable bonds is 4. The van der Waals surface area contributed by atoms with Crippen molar-refractivity contribution in [1.29, 1.82) is 0 Å². The lowest BCUT2D eigenvalue weighted by Crippen LogP contribution is -2.14. The molecule has 0 saturated heterocycles. The van der Waals surface area contributed by atoms with Crippen LogP contribution in [-0.2, 0) is 0 Å². The second kappa shape index (κ2) is 8.07. The molecule has 146 valence electrons. The van der Waals surface area contributed by atoms with Crippen LogP contribution in [0.5, 0.6) is 5.75 Å². The first-order valence-electron chi connectivity index (χ1n) is 8.83. The minimum atomic E-state index is -0.510. The van der Waals surface area contributed by atoms with Crippen molar-refractivity contribution in [3.05, 3.63) is 92.7 Å². The van der Waals surface area contributed by atoms with E-state index in [2.05, 4.69) is 15.3 Å². The Labute approximate surface area is 183 Å². The number of aromatic hydroxyl groups is 1. The molecule has 0 aliphatic carbocycles. The zero-order valence-corrected chi connectivity index (χ0v) is 17.6. The van der Waals surface area contributed by atoms with Crippen molar-refractivity contribution in [2.24, 2.45) is 0 Å². The van der Waals surface area contributed by atoms with E-state index in [1.54, 1.807) is 42.7 Å². The number of benzene rings is 2. The monoisotopic (exact) mass is 443 g/mol. The van der Waals surface area contributed by atoms with Gasteiger partial charge in [0.15, 0.2) is 0 Å². The maximum Gasteiger partial charge on any atom is 0.147 e. The van der Waals surface area contributed by atoms with Crippen molar-refractivity contribution < 1.29 is 5.11 Å². The number of nitrogens with zero attached hydrogens (tertiary/aromatic N) is 2. The molecule has 0 radical (unpaired) electrons. The first kappa shape index (κ1) is 19.8. The molecule has 1 unspecified atom stereocenters. The number of phenols is 1. The number of pyridine rings is 2. The molecule has 2 heterocycles. The van der Waals surface area contributed by atoms with Crippen LogP contribution in [0.1, 0.15) is 22.7 Å². The minimum absolute atomic E-state index is 0.0336. The summed E-state index contributed by atoms with van der Waals surface area (Å²) in [7, 11) is 0. The summed E-state index contributed by atoms with van der Waals surface area (Å²) >= 11 is 19.0. The molecule has 29 heavy (non-hydrogen) atoms. The van der Waals surface area contributed by atoms with Gasteiger partial charge >= 0.3 is 0 Å². The van der Waals surface area contributed by atoms with Gasteiger partial charge in [-0.3, -0.25) is 4.98 Å². The Morgan fingerprint density at radius 2 is 1.69 bits per heavy atom. The smallest absolute Gasteiger partial charge is 0.147 e. The molecule has 4 rings (SSSR count). The van der Waals surface area contributed by atoms with E-state index in [1.807, 2.05) is 25.1 Å². The first-order chi connectivity index (χ1) is 13.9. The topological polar surface area (TPSA) is 58.0 Å². The molecule has 4 nitrogen and oxygen atoms in total. The summed E-state index contributed by atoms with van der Waals surface area (Å²) in [6.07, 6.45) is 3.33. The molecule has 4 aromatic rings. The Bertz CT molecular complexity index is 1190. The molecule has 0 saturated carbocycles. The summed E-state index contributed by atoms with van der Waals surface area (Å²) in [5.74, 6) is 0.675. The number of phenolic OH excluding ortho intramolecular Hbond substituents is 1. The third-order valence-corrected chi connectivity index (χ3v) is 5.33. The molecule has 0 aliphatic heterocycles. The summed E-state index contributed by atoms with van der Waals surface area (Å²) in [5.41, 5.74) is 2.77. The van der Waals surface area contributed by atoms with Gasteiger partial charge in [-0.1, -0.05) is 34.8 Å². The highest BCUT2D eigenvalue weighted by Gasteiger charge is 2.23. The molecule has 0 bridgehead atoms. The molecule has 2 aromatic carbocycles. The summed E-state index contributed by atoms with van der Waals surface area (Å²) in [4.78, 5) is 8.69.